The minimum atomic E-state index is 0.132. The first-order valence-electron chi connectivity index (χ1n) is 6.97. The van der Waals surface area contributed by atoms with E-state index in [9.17, 15) is 0 Å². The van der Waals surface area contributed by atoms with E-state index in [0.29, 0.717) is 15.8 Å². The third kappa shape index (κ3) is 4.37. The molecule has 2 aromatic carbocycles. The second-order valence-electron chi connectivity index (χ2n) is 5.14. The molecule has 0 spiro atoms. The van der Waals surface area contributed by atoms with Crippen LogP contribution in [0.3, 0.4) is 0 Å². The Morgan fingerprint density at radius 1 is 1.14 bits per heavy atom. The van der Waals surface area contributed by atoms with Crippen molar-refractivity contribution in [3.8, 4) is 11.5 Å². The fourth-order valence-corrected chi connectivity index (χ4v) is 2.51. The third-order valence-corrected chi connectivity index (χ3v) is 3.98. The minimum Gasteiger partial charge on any atom is -0.457 e. The lowest BCUT2D eigenvalue weighted by Crippen LogP contribution is -2.21. The van der Waals surface area contributed by atoms with Crippen LogP contribution >= 0.6 is 23.2 Å². The summed E-state index contributed by atoms with van der Waals surface area (Å²) in [6.07, 6.45) is 1.70. The topological polar surface area (TPSA) is 35.2 Å². The quantitative estimate of drug-likeness (QED) is 0.802. The summed E-state index contributed by atoms with van der Waals surface area (Å²) in [5.74, 6) is 1.48. The summed E-state index contributed by atoms with van der Waals surface area (Å²) in [5.41, 5.74) is 8.00. The predicted octanol–water partition coefficient (Wildman–Crippen LogP) is 5.37. The number of benzene rings is 2. The summed E-state index contributed by atoms with van der Waals surface area (Å²) in [7, 11) is 0. The molecule has 0 fully saturated rings. The molecule has 2 aromatic rings. The Labute approximate surface area is 135 Å². The normalized spacial score (nSPS) is 12.2. The van der Waals surface area contributed by atoms with Crippen molar-refractivity contribution in [2.75, 3.05) is 0 Å². The molecule has 2 N–H and O–H groups in total. The summed E-state index contributed by atoms with van der Waals surface area (Å²) in [4.78, 5) is 0. The number of halogens is 2. The highest BCUT2D eigenvalue weighted by Gasteiger charge is 2.08. The molecule has 0 saturated carbocycles. The van der Waals surface area contributed by atoms with Crippen molar-refractivity contribution in [2.45, 2.75) is 32.7 Å². The first-order chi connectivity index (χ1) is 9.99. The van der Waals surface area contributed by atoms with Crippen LogP contribution in [0.15, 0.2) is 36.4 Å². The molecule has 1 unspecified atom stereocenters. The summed E-state index contributed by atoms with van der Waals surface area (Å²) in [6.45, 7) is 4.02. The monoisotopic (exact) mass is 323 g/mol. The van der Waals surface area contributed by atoms with E-state index in [0.717, 1.165) is 29.7 Å². The number of nitrogens with two attached hydrogens (primary N) is 1. The zero-order valence-electron chi connectivity index (χ0n) is 12.2. The Morgan fingerprint density at radius 3 is 2.52 bits per heavy atom. The van der Waals surface area contributed by atoms with Crippen LogP contribution in [0.5, 0.6) is 11.5 Å². The minimum absolute atomic E-state index is 0.132. The Bertz CT molecular complexity index is 628. The van der Waals surface area contributed by atoms with E-state index in [-0.39, 0.29) is 6.04 Å². The van der Waals surface area contributed by atoms with Gasteiger partial charge >= 0.3 is 0 Å². The van der Waals surface area contributed by atoms with Crippen LogP contribution in [-0.2, 0) is 6.42 Å². The first kappa shape index (κ1) is 16.2. The Kier molecular flexibility index (Phi) is 5.51. The van der Waals surface area contributed by atoms with Gasteiger partial charge in [0.2, 0.25) is 0 Å². The van der Waals surface area contributed by atoms with Crippen molar-refractivity contribution in [3.63, 3.8) is 0 Å². The van der Waals surface area contributed by atoms with Crippen molar-refractivity contribution in [1.29, 1.82) is 0 Å². The fraction of sp³-hybridized carbons (Fsp3) is 0.294. The van der Waals surface area contributed by atoms with E-state index in [1.165, 1.54) is 0 Å². The van der Waals surface area contributed by atoms with E-state index >= 15 is 0 Å². The van der Waals surface area contributed by atoms with Gasteiger partial charge < -0.3 is 10.5 Å². The van der Waals surface area contributed by atoms with Gasteiger partial charge in [-0.15, -0.1) is 0 Å². The summed E-state index contributed by atoms with van der Waals surface area (Å²) in [6, 6.07) is 11.4. The third-order valence-electron chi connectivity index (χ3n) is 3.40. The molecule has 1 atom stereocenters. The van der Waals surface area contributed by atoms with Gasteiger partial charge in [0.25, 0.3) is 0 Å². The Balaban J connectivity index is 2.16. The molecule has 2 nitrogen and oxygen atoms in total. The maximum absolute atomic E-state index is 6.31. The van der Waals surface area contributed by atoms with Crippen LogP contribution < -0.4 is 10.5 Å². The lowest BCUT2D eigenvalue weighted by atomic mass is 10.0. The Morgan fingerprint density at radius 2 is 1.90 bits per heavy atom. The van der Waals surface area contributed by atoms with Gasteiger partial charge in [-0.25, -0.2) is 0 Å². The summed E-state index contributed by atoms with van der Waals surface area (Å²) in [5, 5.41) is 1.38. The average molecular weight is 324 g/mol. The SMILES string of the molecule is CCC(N)Cc1ccc(Oc2ccc(Cl)cc2C)cc1Cl. The van der Waals surface area contributed by atoms with Crippen LogP contribution in [0.4, 0.5) is 0 Å². The van der Waals surface area contributed by atoms with E-state index in [1.54, 1.807) is 6.07 Å². The van der Waals surface area contributed by atoms with Crippen LogP contribution in [0, 0.1) is 6.92 Å². The van der Waals surface area contributed by atoms with E-state index in [1.807, 2.05) is 37.3 Å². The molecule has 0 aromatic heterocycles. The highest BCUT2D eigenvalue weighted by Crippen LogP contribution is 2.30. The molecule has 2 rings (SSSR count). The number of ether oxygens (including phenoxy) is 1. The molecule has 0 aliphatic heterocycles. The lowest BCUT2D eigenvalue weighted by molar-refractivity contribution is 0.478. The van der Waals surface area contributed by atoms with E-state index in [2.05, 4.69) is 6.92 Å². The second-order valence-corrected chi connectivity index (χ2v) is 5.98. The van der Waals surface area contributed by atoms with Crippen molar-refractivity contribution in [1.82, 2.24) is 0 Å². The number of rotatable bonds is 5. The first-order valence-corrected chi connectivity index (χ1v) is 7.73. The van der Waals surface area contributed by atoms with Gasteiger partial charge in [0.05, 0.1) is 0 Å². The molecule has 0 saturated heterocycles. The molecule has 0 heterocycles. The van der Waals surface area contributed by atoms with Crippen molar-refractivity contribution in [2.24, 2.45) is 5.73 Å². The largest absolute Gasteiger partial charge is 0.457 e. The fourth-order valence-electron chi connectivity index (χ4n) is 2.04. The number of hydrogen-bond donors (Lipinski definition) is 1. The molecular weight excluding hydrogens is 305 g/mol. The molecule has 0 radical (unpaired) electrons. The van der Waals surface area contributed by atoms with Crippen molar-refractivity contribution in [3.05, 3.63) is 57.6 Å². The maximum atomic E-state index is 6.31. The zero-order valence-corrected chi connectivity index (χ0v) is 13.7. The van der Waals surface area contributed by atoms with Crippen LogP contribution in [0.2, 0.25) is 10.0 Å². The van der Waals surface area contributed by atoms with Gasteiger partial charge in [-0.2, -0.15) is 0 Å². The van der Waals surface area contributed by atoms with Gasteiger partial charge in [0.1, 0.15) is 11.5 Å². The van der Waals surface area contributed by atoms with Gasteiger partial charge in [0, 0.05) is 16.1 Å². The molecule has 0 aliphatic carbocycles. The van der Waals surface area contributed by atoms with Crippen molar-refractivity contribution >= 4 is 23.2 Å². The molecule has 0 bridgehead atoms. The molecule has 112 valence electrons. The molecule has 0 amide bonds. The summed E-state index contributed by atoms with van der Waals surface area (Å²) >= 11 is 12.2. The predicted molar refractivity (Wildman–Crippen MR) is 89.7 cm³/mol. The highest BCUT2D eigenvalue weighted by molar-refractivity contribution is 6.31. The van der Waals surface area contributed by atoms with Gasteiger partial charge in [-0.3, -0.25) is 0 Å². The van der Waals surface area contributed by atoms with Gasteiger partial charge in [-0.05, 0) is 61.2 Å². The molecule has 21 heavy (non-hydrogen) atoms. The molecule has 4 heteroatoms. The van der Waals surface area contributed by atoms with Gasteiger partial charge in [-0.1, -0.05) is 36.2 Å². The smallest absolute Gasteiger partial charge is 0.130 e. The van der Waals surface area contributed by atoms with Crippen LogP contribution in [0.1, 0.15) is 24.5 Å². The van der Waals surface area contributed by atoms with Crippen molar-refractivity contribution < 1.29 is 4.74 Å². The standard InChI is InChI=1S/C17H19Cl2NO/c1-3-14(20)9-12-4-6-15(10-16(12)19)21-17-7-5-13(18)8-11(17)2/h4-8,10,14H,3,9,20H2,1-2H3. The highest BCUT2D eigenvalue weighted by atomic mass is 35.5. The maximum Gasteiger partial charge on any atom is 0.130 e. The summed E-state index contributed by atoms with van der Waals surface area (Å²) < 4.78 is 5.86. The average Bonchev–Trinajstić information content (AvgIpc) is 2.44. The lowest BCUT2D eigenvalue weighted by Gasteiger charge is -2.13. The van der Waals surface area contributed by atoms with Crippen LogP contribution in [0.25, 0.3) is 0 Å². The Hall–Kier alpha value is -1.22. The van der Waals surface area contributed by atoms with Crippen LogP contribution in [-0.4, -0.2) is 6.04 Å². The zero-order chi connectivity index (χ0) is 15.4. The molecular formula is C17H19Cl2NO. The van der Waals surface area contributed by atoms with E-state index < -0.39 is 0 Å². The number of hydrogen-bond acceptors (Lipinski definition) is 2. The second kappa shape index (κ2) is 7.17. The van der Waals surface area contributed by atoms with E-state index in [4.69, 9.17) is 33.7 Å². The number of aryl methyl sites for hydroxylation is 1. The van der Waals surface area contributed by atoms with Gasteiger partial charge in [0.15, 0.2) is 0 Å². The molecule has 0 aliphatic rings.